The van der Waals surface area contributed by atoms with Gasteiger partial charge in [-0.1, -0.05) is 51.2 Å². The summed E-state index contributed by atoms with van der Waals surface area (Å²) >= 11 is 0. The van der Waals surface area contributed by atoms with E-state index in [9.17, 15) is 0 Å². The lowest BCUT2D eigenvalue weighted by Crippen LogP contribution is -1.97. The van der Waals surface area contributed by atoms with Crippen molar-refractivity contribution in [2.24, 2.45) is 7.05 Å². The minimum Gasteiger partial charge on any atom is -0.331 e. The Kier molecular flexibility index (Phi) is 4.80. The van der Waals surface area contributed by atoms with Crippen LogP contribution in [0.15, 0.2) is 24.3 Å². The molecule has 0 radical (unpaired) electrons. The summed E-state index contributed by atoms with van der Waals surface area (Å²) in [6.45, 7) is 2.26. The maximum atomic E-state index is 4.71. The summed E-state index contributed by atoms with van der Waals surface area (Å²) in [7, 11) is 2.13. The average molecular weight is 244 g/mol. The van der Waals surface area contributed by atoms with Gasteiger partial charge in [-0.25, -0.2) is 4.98 Å². The van der Waals surface area contributed by atoms with E-state index < -0.39 is 0 Å². The van der Waals surface area contributed by atoms with Crippen LogP contribution in [-0.2, 0) is 13.5 Å². The van der Waals surface area contributed by atoms with E-state index in [1.54, 1.807) is 0 Å². The maximum absolute atomic E-state index is 4.71. The fourth-order valence-corrected chi connectivity index (χ4v) is 2.48. The Morgan fingerprint density at radius 2 is 1.72 bits per heavy atom. The topological polar surface area (TPSA) is 17.8 Å². The van der Waals surface area contributed by atoms with Crippen LogP contribution in [0.25, 0.3) is 11.0 Å². The predicted molar refractivity (Wildman–Crippen MR) is 77.8 cm³/mol. The number of fused-ring (bicyclic) bond motifs is 1. The molecular weight excluding hydrogens is 220 g/mol. The number of aryl methyl sites for hydroxylation is 2. The molecule has 0 unspecified atom stereocenters. The fraction of sp³-hybridized carbons (Fsp3) is 0.562. The van der Waals surface area contributed by atoms with Gasteiger partial charge >= 0.3 is 0 Å². The number of rotatable bonds is 7. The largest absolute Gasteiger partial charge is 0.331 e. The van der Waals surface area contributed by atoms with Gasteiger partial charge < -0.3 is 4.57 Å². The molecule has 2 rings (SSSR count). The van der Waals surface area contributed by atoms with Crippen LogP contribution in [-0.4, -0.2) is 9.55 Å². The van der Waals surface area contributed by atoms with E-state index in [0.717, 1.165) is 11.9 Å². The SMILES string of the molecule is CCCCCCCCc1nc2ccccc2n1C. The standard InChI is InChI=1S/C16H24N2/c1-3-4-5-6-7-8-13-16-17-14-11-9-10-12-15(14)18(16)2/h9-12H,3-8,13H2,1-2H3. The van der Waals surface area contributed by atoms with E-state index in [1.807, 2.05) is 0 Å². The Labute approximate surface area is 110 Å². The lowest BCUT2D eigenvalue weighted by atomic mass is 10.1. The van der Waals surface area contributed by atoms with Gasteiger partial charge in [-0.15, -0.1) is 0 Å². The van der Waals surface area contributed by atoms with Gasteiger partial charge in [0.15, 0.2) is 0 Å². The molecule has 1 aromatic carbocycles. The van der Waals surface area contributed by atoms with Crippen molar-refractivity contribution in [3.05, 3.63) is 30.1 Å². The van der Waals surface area contributed by atoms with Gasteiger partial charge in [0.05, 0.1) is 11.0 Å². The van der Waals surface area contributed by atoms with Crippen molar-refractivity contribution < 1.29 is 0 Å². The monoisotopic (exact) mass is 244 g/mol. The first-order valence-corrected chi connectivity index (χ1v) is 7.23. The number of unbranched alkanes of at least 4 members (excludes halogenated alkanes) is 5. The first-order chi connectivity index (χ1) is 8.83. The third-order valence-corrected chi connectivity index (χ3v) is 3.63. The summed E-state index contributed by atoms with van der Waals surface area (Å²) in [4.78, 5) is 4.71. The molecule has 0 saturated heterocycles. The zero-order valence-corrected chi connectivity index (χ0v) is 11.7. The van der Waals surface area contributed by atoms with Gasteiger partial charge in [0.2, 0.25) is 0 Å². The smallest absolute Gasteiger partial charge is 0.109 e. The van der Waals surface area contributed by atoms with Crippen molar-refractivity contribution >= 4 is 11.0 Å². The van der Waals surface area contributed by atoms with Crippen molar-refractivity contribution in [1.29, 1.82) is 0 Å². The molecule has 2 aromatic rings. The molecule has 0 spiro atoms. The molecule has 0 bridgehead atoms. The van der Waals surface area contributed by atoms with Crippen LogP contribution < -0.4 is 0 Å². The number of benzene rings is 1. The van der Waals surface area contributed by atoms with E-state index >= 15 is 0 Å². The summed E-state index contributed by atoms with van der Waals surface area (Å²) in [5.74, 6) is 1.23. The third kappa shape index (κ3) is 3.12. The molecule has 0 aliphatic carbocycles. The zero-order valence-electron chi connectivity index (χ0n) is 11.7. The minimum absolute atomic E-state index is 1.11. The number of aromatic nitrogens is 2. The van der Waals surface area contributed by atoms with E-state index in [0.29, 0.717) is 0 Å². The highest BCUT2D eigenvalue weighted by molar-refractivity contribution is 5.75. The van der Waals surface area contributed by atoms with E-state index in [4.69, 9.17) is 4.98 Å². The Morgan fingerprint density at radius 3 is 2.50 bits per heavy atom. The van der Waals surface area contributed by atoms with Crippen LogP contribution in [0.1, 0.15) is 51.3 Å². The van der Waals surface area contributed by atoms with E-state index in [2.05, 4.69) is 42.8 Å². The van der Waals surface area contributed by atoms with Gasteiger partial charge in [0.1, 0.15) is 5.82 Å². The Hall–Kier alpha value is -1.31. The molecule has 0 aliphatic heterocycles. The molecule has 0 fully saturated rings. The van der Waals surface area contributed by atoms with Crippen LogP contribution in [0.5, 0.6) is 0 Å². The second-order valence-corrected chi connectivity index (χ2v) is 5.09. The van der Waals surface area contributed by atoms with Crippen LogP contribution in [0.2, 0.25) is 0 Å². The molecule has 1 aromatic heterocycles. The van der Waals surface area contributed by atoms with Crippen molar-refractivity contribution in [2.45, 2.75) is 51.9 Å². The van der Waals surface area contributed by atoms with E-state index in [1.165, 1.54) is 49.9 Å². The van der Waals surface area contributed by atoms with Crippen molar-refractivity contribution in [3.63, 3.8) is 0 Å². The Morgan fingerprint density at radius 1 is 1.00 bits per heavy atom. The maximum Gasteiger partial charge on any atom is 0.109 e. The number of para-hydroxylation sites is 2. The van der Waals surface area contributed by atoms with Crippen LogP contribution in [0, 0.1) is 0 Å². The molecule has 2 nitrogen and oxygen atoms in total. The molecule has 18 heavy (non-hydrogen) atoms. The first-order valence-electron chi connectivity index (χ1n) is 7.23. The highest BCUT2D eigenvalue weighted by atomic mass is 15.1. The molecular formula is C16H24N2. The lowest BCUT2D eigenvalue weighted by Gasteiger charge is -2.02. The quantitative estimate of drug-likeness (QED) is 0.657. The van der Waals surface area contributed by atoms with Gasteiger partial charge in [-0.05, 0) is 18.6 Å². The summed E-state index contributed by atoms with van der Waals surface area (Å²) < 4.78 is 2.24. The molecule has 0 amide bonds. The molecule has 98 valence electrons. The number of imidazole rings is 1. The Bertz CT molecular complexity index is 485. The molecule has 0 N–H and O–H groups in total. The normalized spacial score (nSPS) is 11.2. The number of hydrogen-bond acceptors (Lipinski definition) is 1. The molecule has 0 aliphatic rings. The van der Waals surface area contributed by atoms with Crippen molar-refractivity contribution in [3.8, 4) is 0 Å². The summed E-state index contributed by atoms with van der Waals surface area (Å²) in [6, 6.07) is 8.38. The molecule has 1 heterocycles. The van der Waals surface area contributed by atoms with Gasteiger partial charge in [-0.2, -0.15) is 0 Å². The first kappa shape index (κ1) is 13.1. The lowest BCUT2D eigenvalue weighted by molar-refractivity contribution is 0.596. The van der Waals surface area contributed by atoms with Crippen LogP contribution in [0.4, 0.5) is 0 Å². The Balaban J connectivity index is 1.86. The molecule has 0 atom stereocenters. The second-order valence-electron chi connectivity index (χ2n) is 5.09. The highest BCUT2D eigenvalue weighted by Crippen LogP contribution is 2.16. The van der Waals surface area contributed by atoms with Crippen LogP contribution >= 0.6 is 0 Å². The summed E-state index contributed by atoms with van der Waals surface area (Å²) in [5.41, 5.74) is 2.37. The van der Waals surface area contributed by atoms with Crippen molar-refractivity contribution in [1.82, 2.24) is 9.55 Å². The van der Waals surface area contributed by atoms with Crippen molar-refractivity contribution in [2.75, 3.05) is 0 Å². The second kappa shape index (κ2) is 6.58. The summed E-state index contributed by atoms with van der Waals surface area (Å²) in [5, 5.41) is 0. The molecule has 0 saturated carbocycles. The van der Waals surface area contributed by atoms with Gasteiger partial charge in [0.25, 0.3) is 0 Å². The number of nitrogens with zero attached hydrogens (tertiary/aromatic N) is 2. The average Bonchev–Trinajstić information content (AvgIpc) is 2.71. The fourth-order valence-electron chi connectivity index (χ4n) is 2.48. The third-order valence-electron chi connectivity index (χ3n) is 3.63. The minimum atomic E-state index is 1.11. The molecule has 2 heteroatoms. The zero-order chi connectivity index (χ0) is 12.8. The summed E-state index contributed by atoms with van der Waals surface area (Å²) in [6.07, 6.45) is 9.18. The van der Waals surface area contributed by atoms with E-state index in [-0.39, 0.29) is 0 Å². The highest BCUT2D eigenvalue weighted by Gasteiger charge is 2.05. The van der Waals surface area contributed by atoms with Gasteiger partial charge in [-0.3, -0.25) is 0 Å². The van der Waals surface area contributed by atoms with Gasteiger partial charge in [0, 0.05) is 13.5 Å². The van der Waals surface area contributed by atoms with Crippen LogP contribution in [0.3, 0.4) is 0 Å². The number of hydrogen-bond donors (Lipinski definition) is 0. The predicted octanol–water partition coefficient (Wildman–Crippen LogP) is 4.48.